The van der Waals surface area contributed by atoms with Crippen molar-refractivity contribution in [1.29, 1.82) is 0 Å². The van der Waals surface area contributed by atoms with E-state index in [0.717, 1.165) is 6.42 Å². The van der Waals surface area contributed by atoms with E-state index in [2.05, 4.69) is 13.8 Å². The van der Waals surface area contributed by atoms with E-state index in [1.165, 1.54) is 6.07 Å². The van der Waals surface area contributed by atoms with Crippen LogP contribution in [-0.4, -0.2) is 30.4 Å². The number of rotatable bonds is 8. The van der Waals surface area contributed by atoms with Crippen LogP contribution in [0.5, 0.6) is 5.75 Å². The SMILES string of the molecule is CC(C)CC(C)OCCOc1ccccc1C(=O)O. The van der Waals surface area contributed by atoms with E-state index in [0.29, 0.717) is 24.9 Å². The minimum Gasteiger partial charge on any atom is -0.490 e. The zero-order valence-corrected chi connectivity index (χ0v) is 11.8. The average molecular weight is 266 g/mol. The molecule has 1 unspecified atom stereocenters. The van der Waals surface area contributed by atoms with Gasteiger partial charge in [-0.25, -0.2) is 4.79 Å². The van der Waals surface area contributed by atoms with Crippen LogP contribution in [0.15, 0.2) is 24.3 Å². The van der Waals surface area contributed by atoms with Crippen molar-refractivity contribution in [2.75, 3.05) is 13.2 Å². The van der Waals surface area contributed by atoms with Crippen LogP contribution < -0.4 is 4.74 Å². The Kier molecular flexibility index (Phi) is 6.36. The molecule has 0 amide bonds. The summed E-state index contributed by atoms with van der Waals surface area (Å²) in [5.41, 5.74) is 0.178. The number of carboxylic acid groups (broad SMARTS) is 1. The first-order valence-corrected chi connectivity index (χ1v) is 6.57. The Morgan fingerprint density at radius 3 is 2.53 bits per heavy atom. The van der Waals surface area contributed by atoms with Gasteiger partial charge in [-0.2, -0.15) is 0 Å². The fraction of sp³-hybridized carbons (Fsp3) is 0.533. The smallest absolute Gasteiger partial charge is 0.339 e. The zero-order valence-electron chi connectivity index (χ0n) is 11.8. The number of hydrogen-bond donors (Lipinski definition) is 1. The quantitative estimate of drug-likeness (QED) is 0.734. The molecule has 1 aromatic carbocycles. The molecule has 0 saturated heterocycles. The molecular weight excluding hydrogens is 244 g/mol. The third-order valence-corrected chi connectivity index (χ3v) is 2.66. The molecule has 0 aliphatic carbocycles. The van der Waals surface area contributed by atoms with Crippen LogP contribution in [0.1, 0.15) is 37.6 Å². The Morgan fingerprint density at radius 1 is 1.21 bits per heavy atom. The van der Waals surface area contributed by atoms with Gasteiger partial charge in [-0.15, -0.1) is 0 Å². The lowest BCUT2D eigenvalue weighted by molar-refractivity contribution is 0.0326. The van der Waals surface area contributed by atoms with Gasteiger partial charge in [0.15, 0.2) is 0 Å². The maximum Gasteiger partial charge on any atom is 0.339 e. The van der Waals surface area contributed by atoms with E-state index >= 15 is 0 Å². The fourth-order valence-corrected chi connectivity index (χ4v) is 1.90. The van der Waals surface area contributed by atoms with E-state index in [9.17, 15) is 4.79 Å². The monoisotopic (exact) mass is 266 g/mol. The van der Waals surface area contributed by atoms with Gasteiger partial charge in [-0.05, 0) is 31.4 Å². The Labute approximate surface area is 114 Å². The van der Waals surface area contributed by atoms with Gasteiger partial charge in [-0.1, -0.05) is 26.0 Å². The summed E-state index contributed by atoms with van der Waals surface area (Å²) in [5.74, 6) is 0.00321. The summed E-state index contributed by atoms with van der Waals surface area (Å²) in [4.78, 5) is 11.0. The van der Waals surface area contributed by atoms with Crippen molar-refractivity contribution in [3.8, 4) is 5.75 Å². The Hall–Kier alpha value is -1.55. The first kappa shape index (κ1) is 15.5. The van der Waals surface area contributed by atoms with Crippen molar-refractivity contribution >= 4 is 5.97 Å². The van der Waals surface area contributed by atoms with Crippen LogP contribution in [0.3, 0.4) is 0 Å². The number of para-hydroxylation sites is 1. The van der Waals surface area contributed by atoms with Crippen LogP contribution in [0.25, 0.3) is 0 Å². The Balaban J connectivity index is 2.35. The highest BCUT2D eigenvalue weighted by molar-refractivity contribution is 5.90. The molecule has 19 heavy (non-hydrogen) atoms. The summed E-state index contributed by atoms with van der Waals surface area (Å²) in [6, 6.07) is 6.61. The first-order valence-electron chi connectivity index (χ1n) is 6.57. The standard InChI is InChI=1S/C15H22O4/c1-11(2)10-12(3)18-8-9-19-14-7-5-4-6-13(14)15(16)17/h4-7,11-12H,8-10H2,1-3H3,(H,16,17). The minimum atomic E-state index is -0.982. The van der Waals surface area contributed by atoms with Crippen molar-refractivity contribution in [3.63, 3.8) is 0 Å². The third kappa shape index (κ3) is 5.75. The maximum absolute atomic E-state index is 11.0. The van der Waals surface area contributed by atoms with Crippen molar-refractivity contribution in [3.05, 3.63) is 29.8 Å². The second kappa shape index (κ2) is 7.79. The van der Waals surface area contributed by atoms with Crippen LogP contribution in [0.2, 0.25) is 0 Å². The Bertz CT molecular complexity index is 401. The highest BCUT2D eigenvalue weighted by Crippen LogP contribution is 2.17. The maximum atomic E-state index is 11.0. The van der Waals surface area contributed by atoms with Gasteiger partial charge in [0.25, 0.3) is 0 Å². The van der Waals surface area contributed by atoms with Gasteiger partial charge >= 0.3 is 5.97 Å². The van der Waals surface area contributed by atoms with E-state index in [1.807, 2.05) is 6.92 Å². The van der Waals surface area contributed by atoms with Gasteiger partial charge in [-0.3, -0.25) is 0 Å². The van der Waals surface area contributed by atoms with Gasteiger partial charge in [0.2, 0.25) is 0 Å². The summed E-state index contributed by atoms with van der Waals surface area (Å²) >= 11 is 0. The van der Waals surface area contributed by atoms with Crippen LogP contribution >= 0.6 is 0 Å². The largest absolute Gasteiger partial charge is 0.490 e. The molecule has 0 fully saturated rings. The highest BCUT2D eigenvalue weighted by atomic mass is 16.5. The molecule has 1 aromatic rings. The topological polar surface area (TPSA) is 55.8 Å². The molecule has 0 saturated carbocycles. The molecule has 4 nitrogen and oxygen atoms in total. The van der Waals surface area contributed by atoms with E-state index in [1.54, 1.807) is 18.2 Å². The third-order valence-electron chi connectivity index (χ3n) is 2.66. The van der Waals surface area contributed by atoms with E-state index in [4.69, 9.17) is 14.6 Å². The molecule has 0 aromatic heterocycles. The van der Waals surface area contributed by atoms with Gasteiger partial charge in [0.1, 0.15) is 17.9 Å². The number of carbonyl (C=O) groups is 1. The summed E-state index contributed by atoms with van der Waals surface area (Å²) in [6.07, 6.45) is 1.20. The highest BCUT2D eigenvalue weighted by Gasteiger charge is 2.10. The van der Waals surface area contributed by atoms with Crippen LogP contribution in [0, 0.1) is 5.92 Å². The number of hydrogen-bond acceptors (Lipinski definition) is 3. The Morgan fingerprint density at radius 2 is 1.89 bits per heavy atom. The zero-order chi connectivity index (χ0) is 14.3. The number of ether oxygens (including phenoxy) is 2. The summed E-state index contributed by atoms with van der Waals surface area (Å²) in [7, 11) is 0. The molecule has 0 radical (unpaired) electrons. The van der Waals surface area contributed by atoms with Crippen LogP contribution in [0.4, 0.5) is 0 Å². The lowest BCUT2D eigenvalue weighted by atomic mass is 10.1. The molecule has 0 aliphatic rings. The fourth-order valence-electron chi connectivity index (χ4n) is 1.90. The molecule has 1 N–H and O–H groups in total. The van der Waals surface area contributed by atoms with Crippen LogP contribution in [-0.2, 0) is 4.74 Å². The lowest BCUT2D eigenvalue weighted by Gasteiger charge is -2.15. The van der Waals surface area contributed by atoms with E-state index < -0.39 is 5.97 Å². The minimum absolute atomic E-state index is 0.178. The lowest BCUT2D eigenvalue weighted by Crippen LogP contribution is -2.16. The second-order valence-corrected chi connectivity index (χ2v) is 4.96. The van der Waals surface area contributed by atoms with Crippen molar-refractivity contribution in [2.24, 2.45) is 5.92 Å². The number of aromatic carboxylic acids is 1. The predicted molar refractivity (Wildman–Crippen MR) is 73.8 cm³/mol. The first-order chi connectivity index (χ1) is 9.00. The van der Waals surface area contributed by atoms with Gasteiger partial charge < -0.3 is 14.6 Å². The molecule has 1 rings (SSSR count). The summed E-state index contributed by atoms with van der Waals surface area (Å²) in [5, 5.41) is 9.00. The molecule has 4 heteroatoms. The molecule has 0 bridgehead atoms. The number of benzene rings is 1. The number of carboxylic acids is 1. The van der Waals surface area contributed by atoms with Gasteiger partial charge in [0.05, 0.1) is 12.7 Å². The molecule has 0 heterocycles. The average Bonchev–Trinajstić information content (AvgIpc) is 2.34. The molecule has 1 atom stereocenters. The summed E-state index contributed by atoms with van der Waals surface area (Å²) < 4.78 is 11.1. The van der Waals surface area contributed by atoms with E-state index in [-0.39, 0.29) is 11.7 Å². The van der Waals surface area contributed by atoms with Crippen molar-refractivity contribution < 1.29 is 19.4 Å². The molecule has 106 valence electrons. The van der Waals surface area contributed by atoms with Gasteiger partial charge in [0, 0.05) is 0 Å². The molecular formula is C15H22O4. The molecule has 0 aliphatic heterocycles. The van der Waals surface area contributed by atoms with Crippen molar-refractivity contribution in [1.82, 2.24) is 0 Å². The predicted octanol–water partition coefficient (Wildman–Crippen LogP) is 3.21. The second-order valence-electron chi connectivity index (χ2n) is 4.96. The molecule has 0 spiro atoms. The van der Waals surface area contributed by atoms with Crippen molar-refractivity contribution in [2.45, 2.75) is 33.3 Å². The summed E-state index contributed by atoms with van der Waals surface area (Å²) in [6.45, 7) is 7.15. The normalized spacial score (nSPS) is 12.4.